The van der Waals surface area contributed by atoms with Gasteiger partial charge in [0, 0.05) is 4.88 Å². The second-order valence-electron chi connectivity index (χ2n) is 12.2. The first-order valence-corrected chi connectivity index (χ1v) is 15.0. The number of esters is 1. The summed E-state index contributed by atoms with van der Waals surface area (Å²) in [4.78, 5) is 39.1. The Hall–Kier alpha value is -3.53. The molecule has 8 rings (SSSR count). The Morgan fingerprint density at radius 1 is 1.12 bits per heavy atom. The Bertz CT molecular complexity index is 1470. The molecule has 1 unspecified atom stereocenters. The summed E-state index contributed by atoms with van der Waals surface area (Å²) in [6.07, 6.45) is 10.4. The molecule has 5 aliphatic carbocycles. The highest BCUT2D eigenvalue weighted by Crippen LogP contribution is 2.59. The van der Waals surface area contributed by atoms with Gasteiger partial charge in [-0.05, 0) is 92.6 Å². The highest BCUT2D eigenvalue weighted by atomic mass is 32.1. The quantitative estimate of drug-likeness (QED) is 0.222. The van der Waals surface area contributed by atoms with E-state index in [9.17, 15) is 19.7 Å². The van der Waals surface area contributed by atoms with Crippen molar-refractivity contribution in [3.63, 3.8) is 0 Å². The molecule has 3 aromatic rings. The number of anilines is 1. The lowest BCUT2D eigenvalue weighted by molar-refractivity contribution is -0.385. The summed E-state index contributed by atoms with van der Waals surface area (Å²) < 4.78 is 6.84. The molecule has 1 atom stereocenters. The van der Waals surface area contributed by atoms with Gasteiger partial charge >= 0.3 is 11.7 Å². The van der Waals surface area contributed by atoms with Gasteiger partial charge in [-0.25, -0.2) is 4.79 Å². The summed E-state index contributed by atoms with van der Waals surface area (Å²) in [6.45, 7) is 0. The van der Waals surface area contributed by atoms with Crippen LogP contribution in [0.1, 0.15) is 87.7 Å². The number of fused-ring (bicyclic) bond motifs is 1. The van der Waals surface area contributed by atoms with Crippen molar-refractivity contribution in [3.05, 3.63) is 73.9 Å². The number of thiophene rings is 1. The average Bonchev–Trinajstić information content (AvgIpc) is 3.55. The Morgan fingerprint density at radius 3 is 2.42 bits per heavy atom. The number of ether oxygens (including phenoxy) is 1. The van der Waals surface area contributed by atoms with Gasteiger partial charge in [-0.1, -0.05) is 30.3 Å². The third kappa shape index (κ3) is 4.15. The Balaban J connectivity index is 1.20. The number of nitrogens with zero attached hydrogens (tertiary/aromatic N) is 3. The van der Waals surface area contributed by atoms with Gasteiger partial charge in [0.2, 0.25) is 5.69 Å². The van der Waals surface area contributed by atoms with E-state index < -0.39 is 16.8 Å². The monoisotopic (exact) mass is 560 g/mol. The molecule has 2 aromatic heterocycles. The van der Waals surface area contributed by atoms with Crippen LogP contribution in [0.3, 0.4) is 0 Å². The summed E-state index contributed by atoms with van der Waals surface area (Å²) in [7, 11) is 1.32. The molecule has 0 aliphatic heterocycles. The molecule has 1 N–H and O–H groups in total. The summed E-state index contributed by atoms with van der Waals surface area (Å²) >= 11 is 1.36. The fourth-order valence-corrected chi connectivity index (χ4v) is 9.72. The lowest BCUT2D eigenvalue weighted by Crippen LogP contribution is -2.52. The van der Waals surface area contributed by atoms with E-state index in [0.29, 0.717) is 40.7 Å². The van der Waals surface area contributed by atoms with Gasteiger partial charge in [-0.15, -0.1) is 11.3 Å². The molecule has 0 saturated heterocycles. The number of rotatable bonds is 6. The van der Waals surface area contributed by atoms with Gasteiger partial charge in [0.1, 0.15) is 11.2 Å². The van der Waals surface area contributed by atoms with Gasteiger partial charge in [0.05, 0.1) is 23.1 Å². The number of amides is 1. The van der Waals surface area contributed by atoms with Gasteiger partial charge in [-0.2, -0.15) is 5.10 Å². The fraction of sp³-hybridized carbons (Fsp3) is 0.500. The highest BCUT2D eigenvalue weighted by Gasteiger charge is 2.53. The Labute approximate surface area is 236 Å². The predicted octanol–water partition coefficient (Wildman–Crippen LogP) is 6.09. The van der Waals surface area contributed by atoms with E-state index in [1.54, 1.807) is 4.68 Å². The molecule has 0 radical (unpaired) electrons. The first-order valence-electron chi connectivity index (χ1n) is 14.2. The molecule has 4 fully saturated rings. The van der Waals surface area contributed by atoms with Gasteiger partial charge < -0.3 is 10.1 Å². The summed E-state index contributed by atoms with van der Waals surface area (Å²) in [5, 5.41) is 19.9. The molecule has 1 amide bonds. The number of aromatic nitrogens is 2. The van der Waals surface area contributed by atoms with E-state index in [2.05, 4.69) is 22.5 Å². The number of hydrogen-bond acceptors (Lipinski definition) is 7. The summed E-state index contributed by atoms with van der Waals surface area (Å²) in [5.41, 5.74) is 1.75. The molecule has 5 aliphatic rings. The maximum absolute atomic E-state index is 13.6. The zero-order valence-corrected chi connectivity index (χ0v) is 23.2. The summed E-state index contributed by atoms with van der Waals surface area (Å²) in [6, 6.07) is 10.3. The van der Waals surface area contributed by atoms with Crippen LogP contribution < -0.4 is 5.32 Å². The third-order valence-corrected chi connectivity index (χ3v) is 10.9. The topological polar surface area (TPSA) is 116 Å². The molecule has 10 heteroatoms. The fourth-order valence-electron chi connectivity index (χ4n) is 8.41. The van der Waals surface area contributed by atoms with Crippen LogP contribution in [-0.4, -0.2) is 33.7 Å². The maximum atomic E-state index is 13.6. The van der Waals surface area contributed by atoms with Crippen molar-refractivity contribution in [2.45, 2.75) is 69.2 Å². The van der Waals surface area contributed by atoms with Gasteiger partial charge in [0.25, 0.3) is 5.91 Å². The normalized spacial score (nSPS) is 28.2. The van der Waals surface area contributed by atoms with Gasteiger partial charge in [0.15, 0.2) is 0 Å². The smallest absolute Gasteiger partial charge is 0.341 e. The second-order valence-corrected chi connectivity index (χ2v) is 13.3. The van der Waals surface area contributed by atoms with Crippen molar-refractivity contribution in [2.24, 2.45) is 17.8 Å². The number of methoxy groups -OCH3 is 1. The summed E-state index contributed by atoms with van der Waals surface area (Å²) in [5.74, 6) is 1.03. The van der Waals surface area contributed by atoms with Crippen molar-refractivity contribution >= 4 is 33.9 Å². The predicted molar refractivity (Wildman–Crippen MR) is 150 cm³/mol. The van der Waals surface area contributed by atoms with E-state index in [-0.39, 0.29) is 16.9 Å². The van der Waals surface area contributed by atoms with Crippen molar-refractivity contribution in [3.8, 4) is 0 Å². The molecular formula is C30H32N4O5S. The zero-order valence-electron chi connectivity index (χ0n) is 22.4. The third-order valence-electron chi connectivity index (χ3n) is 9.75. The Morgan fingerprint density at radius 2 is 1.80 bits per heavy atom. The molecule has 2 heterocycles. The van der Waals surface area contributed by atoms with Crippen LogP contribution in [0.5, 0.6) is 0 Å². The van der Waals surface area contributed by atoms with Crippen LogP contribution in [0.15, 0.2) is 36.5 Å². The van der Waals surface area contributed by atoms with Crippen molar-refractivity contribution < 1.29 is 19.2 Å². The number of benzene rings is 1. The standard InChI is InChI=1S/C30H32N4O5S/c1-39-29(36)25-22-8-7-21(20-5-3-2-4-6-20)12-24(22)40-28(25)31-27(35)26-23(34(37)38)16-33(32-26)30-13-17-9-18(14-30)11-19(10-17)15-30/h2-6,16-19,21H,7-15H2,1H3,(H,31,35). The molecule has 208 valence electrons. The molecule has 1 aromatic carbocycles. The number of carbonyl (C=O) groups excluding carboxylic acids is 2. The lowest BCUT2D eigenvalue weighted by Gasteiger charge is -2.56. The number of nitrogens with one attached hydrogen (secondary N) is 1. The number of carbonyl (C=O) groups is 2. The largest absolute Gasteiger partial charge is 0.465 e. The van der Waals surface area contributed by atoms with E-state index in [0.717, 1.165) is 42.5 Å². The first-order chi connectivity index (χ1) is 19.3. The van der Waals surface area contributed by atoms with Crippen LogP contribution in [0.2, 0.25) is 0 Å². The van der Waals surface area contributed by atoms with E-state index >= 15 is 0 Å². The average molecular weight is 561 g/mol. The van der Waals surface area contributed by atoms with Crippen molar-refractivity contribution in [2.75, 3.05) is 12.4 Å². The molecule has 9 nitrogen and oxygen atoms in total. The highest BCUT2D eigenvalue weighted by molar-refractivity contribution is 7.17. The van der Waals surface area contributed by atoms with E-state index in [1.807, 2.05) is 18.2 Å². The molecular weight excluding hydrogens is 528 g/mol. The zero-order chi connectivity index (χ0) is 27.6. The van der Waals surface area contributed by atoms with Crippen LogP contribution in [0.4, 0.5) is 10.7 Å². The van der Waals surface area contributed by atoms with Gasteiger partial charge in [-0.3, -0.25) is 19.6 Å². The number of nitro groups is 1. The molecule has 0 spiro atoms. The minimum absolute atomic E-state index is 0.204. The number of hydrogen-bond donors (Lipinski definition) is 1. The van der Waals surface area contributed by atoms with E-state index in [1.165, 1.54) is 49.5 Å². The van der Waals surface area contributed by atoms with Crippen molar-refractivity contribution in [1.82, 2.24) is 9.78 Å². The molecule has 4 bridgehead atoms. The first kappa shape index (κ1) is 25.4. The van der Waals surface area contributed by atoms with Crippen molar-refractivity contribution in [1.29, 1.82) is 0 Å². The van der Waals surface area contributed by atoms with Crippen LogP contribution >= 0.6 is 11.3 Å². The minimum atomic E-state index is -0.668. The molecule has 4 saturated carbocycles. The van der Waals surface area contributed by atoms with Crippen LogP contribution in [0, 0.1) is 27.9 Å². The lowest BCUT2D eigenvalue weighted by atomic mass is 9.53. The minimum Gasteiger partial charge on any atom is -0.465 e. The van der Waals surface area contributed by atoms with Crippen LogP contribution in [0.25, 0.3) is 0 Å². The maximum Gasteiger partial charge on any atom is 0.341 e. The SMILES string of the molecule is COC(=O)c1c(NC(=O)c2nn(C34CC5CC(CC(C5)C3)C4)cc2[N+](=O)[O-])sc2c1CCC(c1ccccc1)C2. The van der Waals surface area contributed by atoms with Crippen LogP contribution in [-0.2, 0) is 23.1 Å². The van der Waals surface area contributed by atoms with E-state index in [4.69, 9.17) is 4.74 Å². The molecule has 40 heavy (non-hydrogen) atoms. The Kier molecular flexibility index (Phi) is 6.07. The second kappa shape index (κ2) is 9.54.